The molecule has 1 N–H and O–H groups in total. The number of aldehydes is 2. The van der Waals surface area contributed by atoms with Gasteiger partial charge in [-0.05, 0) is 53.4 Å². The van der Waals surface area contributed by atoms with E-state index in [0.29, 0.717) is 24.0 Å². The lowest BCUT2D eigenvalue weighted by molar-refractivity contribution is -0.138. The Bertz CT molecular complexity index is 862. The first kappa shape index (κ1) is 21.0. The van der Waals surface area contributed by atoms with Crippen molar-refractivity contribution in [3.8, 4) is 5.75 Å². The second-order valence-electron chi connectivity index (χ2n) is 9.06. The predicted octanol–water partition coefficient (Wildman–Crippen LogP) is 4.45. The van der Waals surface area contributed by atoms with Gasteiger partial charge in [-0.1, -0.05) is 39.3 Å². The van der Waals surface area contributed by atoms with Crippen LogP contribution in [0.2, 0.25) is 0 Å². The zero-order valence-electron chi connectivity index (χ0n) is 17.2. The van der Waals surface area contributed by atoms with Crippen LogP contribution in [-0.2, 0) is 19.1 Å². The van der Waals surface area contributed by atoms with Gasteiger partial charge in [0.2, 0.25) is 0 Å². The molecular formula is C24H28O5. The summed E-state index contributed by atoms with van der Waals surface area (Å²) in [7, 11) is 0. The van der Waals surface area contributed by atoms with Gasteiger partial charge in [-0.25, -0.2) is 4.79 Å². The predicted molar refractivity (Wildman–Crippen MR) is 110 cm³/mol. The number of ether oxygens (including phenoxy) is 1. The van der Waals surface area contributed by atoms with Crippen molar-refractivity contribution >= 4 is 24.6 Å². The number of aromatic hydroxyl groups is 1. The minimum Gasteiger partial charge on any atom is -0.508 e. The number of phenolic OH excluding ortho intramolecular Hbond substituents is 1. The van der Waals surface area contributed by atoms with Crippen molar-refractivity contribution in [1.82, 2.24) is 0 Å². The summed E-state index contributed by atoms with van der Waals surface area (Å²) >= 11 is 0. The Morgan fingerprint density at radius 3 is 2.45 bits per heavy atom. The van der Waals surface area contributed by atoms with Crippen molar-refractivity contribution in [3.05, 3.63) is 47.2 Å². The summed E-state index contributed by atoms with van der Waals surface area (Å²) in [5.74, 6) is -0.552. The third-order valence-corrected chi connectivity index (χ3v) is 6.82. The Hall–Kier alpha value is -2.69. The molecule has 5 nitrogen and oxygen atoms in total. The highest BCUT2D eigenvalue weighted by Crippen LogP contribution is 2.60. The minimum absolute atomic E-state index is 0.0117. The fraction of sp³-hybridized carbons (Fsp3) is 0.458. The normalized spacial score (nSPS) is 28.7. The van der Waals surface area contributed by atoms with Crippen molar-refractivity contribution < 1.29 is 24.2 Å². The lowest BCUT2D eigenvalue weighted by Gasteiger charge is -2.55. The molecule has 29 heavy (non-hydrogen) atoms. The van der Waals surface area contributed by atoms with E-state index in [0.717, 1.165) is 31.1 Å². The molecule has 0 spiro atoms. The van der Waals surface area contributed by atoms with Crippen LogP contribution in [0, 0.1) is 22.7 Å². The number of hydrogen-bond donors (Lipinski definition) is 1. The first-order chi connectivity index (χ1) is 13.7. The molecule has 0 aromatic heterocycles. The van der Waals surface area contributed by atoms with Gasteiger partial charge < -0.3 is 14.6 Å². The van der Waals surface area contributed by atoms with E-state index in [4.69, 9.17) is 4.74 Å². The number of hydrogen-bond acceptors (Lipinski definition) is 5. The van der Waals surface area contributed by atoms with Crippen LogP contribution in [0.25, 0.3) is 6.08 Å². The summed E-state index contributed by atoms with van der Waals surface area (Å²) in [4.78, 5) is 36.3. The Kier molecular flexibility index (Phi) is 5.78. The van der Waals surface area contributed by atoms with Gasteiger partial charge in [0.15, 0.2) is 0 Å². The van der Waals surface area contributed by atoms with Crippen LogP contribution in [0.3, 0.4) is 0 Å². The van der Waals surface area contributed by atoms with Crippen LogP contribution in [0.4, 0.5) is 0 Å². The molecule has 1 aromatic rings. The highest BCUT2D eigenvalue weighted by molar-refractivity contribution is 5.89. The summed E-state index contributed by atoms with van der Waals surface area (Å²) in [6.07, 6.45) is 7.80. The number of carbonyl (C=O) groups is 3. The van der Waals surface area contributed by atoms with Crippen molar-refractivity contribution in [3.63, 3.8) is 0 Å². The number of allylic oxidation sites excluding steroid dienone is 2. The van der Waals surface area contributed by atoms with Gasteiger partial charge in [-0.3, -0.25) is 4.79 Å². The fourth-order valence-corrected chi connectivity index (χ4v) is 5.25. The van der Waals surface area contributed by atoms with Gasteiger partial charge in [0, 0.05) is 18.1 Å². The van der Waals surface area contributed by atoms with Gasteiger partial charge in [0.1, 0.15) is 24.1 Å². The van der Waals surface area contributed by atoms with Crippen molar-refractivity contribution in [2.24, 2.45) is 22.7 Å². The largest absolute Gasteiger partial charge is 0.508 e. The molecule has 154 valence electrons. The molecule has 0 aliphatic heterocycles. The van der Waals surface area contributed by atoms with Crippen LogP contribution in [0.15, 0.2) is 41.7 Å². The number of rotatable bonds is 5. The molecular weight excluding hydrogens is 368 g/mol. The van der Waals surface area contributed by atoms with E-state index < -0.39 is 11.9 Å². The van der Waals surface area contributed by atoms with E-state index >= 15 is 0 Å². The molecule has 0 radical (unpaired) electrons. The number of phenols is 1. The van der Waals surface area contributed by atoms with E-state index in [1.54, 1.807) is 18.2 Å². The first-order valence-corrected chi connectivity index (χ1v) is 10.0. The maximum absolute atomic E-state index is 12.4. The highest BCUT2D eigenvalue weighted by Gasteiger charge is 2.55. The van der Waals surface area contributed by atoms with E-state index in [9.17, 15) is 19.5 Å². The quantitative estimate of drug-likeness (QED) is 0.452. The summed E-state index contributed by atoms with van der Waals surface area (Å²) in [6.45, 7) is 6.46. The molecule has 1 aromatic carbocycles. The molecule has 5 heteroatoms. The van der Waals surface area contributed by atoms with Crippen LogP contribution >= 0.6 is 0 Å². The fourth-order valence-electron chi connectivity index (χ4n) is 5.25. The summed E-state index contributed by atoms with van der Waals surface area (Å²) in [6, 6.07) is 6.40. The maximum atomic E-state index is 12.4. The Labute approximate surface area is 171 Å². The summed E-state index contributed by atoms with van der Waals surface area (Å²) in [5, 5.41) is 9.33. The van der Waals surface area contributed by atoms with Crippen LogP contribution in [0.5, 0.6) is 5.75 Å². The lowest BCUT2D eigenvalue weighted by Crippen LogP contribution is -2.50. The molecule has 0 unspecified atom stereocenters. The van der Waals surface area contributed by atoms with Gasteiger partial charge in [0.05, 0.1) is 5.92 Å². The average molecular weight is 396 g/mol. The van der Waals surface area contributed by atoms with Crippen LogP contribution < -0.4 is 0 Å². The zero-order valence-corrected chi connectivity index (χ0v) is 17.2. The average Bonchev–Trinajstić information content (AvgIpc) is 2.67. The number of carbonyl (C=O) groups excluding carboxylic acids is 3. The molecule has 0 heterocycles. The second kappa shape index (κ2) is 7.97. The van der Waals surface area contributed by atoms with E-state index in [1.165, 1.54) is 18.2 Å². The van der Waals surface area contributed by atoms with E-state index in [-0.39, 0.29) is 22.5 Å². The molecule has 2 aliphatic rings. The third kappa shape index (κ3) is 4.04. The molecule has 0 saturated heterocycles. The SMILES string of the molecule is CC1(C)CCC[C@]2(C)[C@@H](C=O)C(C=O)=C(OC(=O)C=Cc3ccc(O)cc3)C[C@@H]12. The van der Waals surface area contributed by atoms with Crippen molar-refractivity contribution in [2.75, 3.05) is 0 Å². The van der Waals surface area contributed by atoms with Gasteiger partial charge in [0.25, 0.3) is 0 Å². The zero-order chi connectivity index (χ0) is 21.2. The smallest absolute Gasteiger partial charge is 0.335 e. The molecule has 2 aliphatic carbocycles. The standard InChI is InChI=1S/C24H28O5/c1-23(2)11-4-12-24(3)19(15-26)18(14-25)20(13-21(23)24)29-22(28)10-7-16-5-8-17(27)9-6-16/h5-10,14-15,19,21,27H,4,11-13H2,1-3H3/t19-,21-,24+/m0/s1. The van der Waals surface area contributed by atoms with Crippen molar-refractivity contribution in [2.45, 2.75) is 46.5 Å². The van der Waals surface area contributed by atoms with Gasteiger partial charge in [-0.15, -0.1) is 0 Å². The summed E-state index contributed by atoms with van der Waals surface area (Å²) in [5.41, 5.74) is 0.710. The van der Waals surface area contributed by atoms with Gasteiger partial charge >= 0.3 is 5.97 Å². The second-order valence-corrected chi connectivity index (χ2v) is 9.06. The monoisotopic (exact) mass is 396 g/mol. The molecule has 0 amide bonds. The van der Waals surface area contributed by atoms with Crippen LogP contribution in [-0.4, -0.2) is 23.6 Å². The number of esters is 1. The van der Waals surface area contributed by atoms with E-state index in [1.807, 2.05) is 0 Å². The summed E-state index contributed by atoms with van der Waals surface area (Å²) < 4.78 is 5.57. The molecule has 3 atom stereocenters. The Morgan fingerprint density at radius 1 is 1.14 bits per heavy atom. The minimum atomic E-state index is -0.589. The highest BCUT2D eigenvalue weighted by atomic mass is 16.5. The number of benzene rings is 1. The Morgan fingerprint density at radius 2 is 1.83 bits per heavy atom. The maximum Gasteiger partial charge on any atom is 0.335 e. The third-order valence-electron chi connectivity index (χ3n) is 6.82. The first-order valence-electron chi connectivity index (χ1n) is 10.0. The van der Waals surface area contributed by atoms with E-state index in [2.05, 4.69) is 20.8 Å². The van der Waals surface area contributed by atoms with Gasteiger partial charge in [-0.2, -0.15) is 0 Å². The Balaban J connectivity index is 1.88. The molecule has 3 rings (SSSR count). The van der Waals surface area contributed by atoms with Crippen LogP contribution in [0.1, 0.15) is 52.0 Å². The van der Waals surface area contributed by atoms with Crippen molar-refractivity contribution in [1.29, 1.82) is 0 Å². The molecule has 1 saturated carbocycles. The lowest BCUT2D eigenvalue weighted by atomic mass is 9.48. The molecule has 0 bridgehead atoms. The number of fused-ring (bicyclic) bond motifs is 1. The molecule has 1 fully saturated rings. The topological polar surface area (TPSA) is 80.7 Å².